The molecule has 0 saturated carbocycles. The minimum absolute atomic E-state index is 0.0197. The number of aromatic nitrogens is 4. The highest BCUT2D eigenvalue weighted by molar-refractivity contribution is 6.33. The molecule has 2 aromatic heterocycles. The van der Waals surface area contributed by atoms with Crippen LogP contribution in [0.3, 0.4) is 0 Å². The van der Waals surface area contributed by atoms with Crippen LogP contribution in [0.25, 0.3) is 22.2 Å². The highest BCUT2D eigenvalue weighted by atomic mass is 35.5. The van der Waals surface area contributed by atoms with Gasteiger partial charge < -0.3 is 0 Å². The fourth-order valence-electron chi connectivity index (χ4n) is 4.63. The van der Waals surface area contributed by atoms with Crippen LogP contribution in [0.1, 0.15) is 24.1 Å². The largest absolute Gasteiger partial charge is 0.496 e. The van der Waals surface area contributed by atoms with E-state index in [0.717, 1.165) is 17.7 Å². The van der Waals surface area contributed by atoms with Crippen LogP contribution in [0.2, 0.25) is 5.02 Å². The van der Waals surface area contributed by atoms with Gasteiger partial charge in [-0.05, 0) is 34.4 Å². The lowest BCUT2D eigenvalue weighted by atomic mass is 10.0. The number of rotatable bonds is 2. The van der Waals surface area contributed by atoms with Gasteiger partial charge in [0, 0.05) is 42.2 Å². The minimum Gasteiger partial charge on any atom is -0.268 e. The highest BCUT2D eigenvalue weighted by Gasteiger charge is 2.42. The average Bonchev–Trinajstić information content (AvgIpc) is 3.38. The number of fused-ring (bicyclic) bond motifs is 4. The molecule has 0 unspecified atom stereocenters. The first-order chi connectivity index (χ1) is 16.4. The van der Waals surface area contributed by atoms with Crippen molar-refractivity contribution in [2.45, 2.75) is 25.3 Å². The molecular weight excluding hydrogens is 470 g/mol. The molecule has 2 N–H and O–H groups in total. The van der Waals surface area contributed by atoms with Gasteiger partial charge in [0.1, 0.15) is 34.3 Å². The zero-order valence-electron chi connectivity index (χ0n) is 17.2. The first-order valence-corrected chi connectivity index (χ1v) is 10.7. The molecule has 12 heteroatoms. The van der Waals surface area contributed by atoms with Crippen LogP contribution >= 0.6 is 11.6 Å². The van der Waals surface area contributed by atoms with Gasteiger partial charge in [-0.2, -0.15) is 14.5 Å². The Bertz CT molecular complexity index is 1610. The van der Waals surface area contributed by atoms with Gasteiger partial charge in [-0.3, -0.25) is 4.79 Å². The molecule has 2 aromatic carbocycles. The summed E-state index contributed by atoms with van der Waals surface area (Å²) < 4.78 is 35.7. The average molecular weight is 484 g/mol. The first kappa shape index (κ1) is 20.6. The quantitative estimate of drug-likeness (QED) is 0.420. The third-order valence-electron chi connectivity index (χ3n) is 6.14. The number of carbonyl (C=O) groups is 1. The Morgan fingerprint density at radius 1 is 1.12 bits per heavy atom. The molecule has 0 radical (unpaired) electrons. The monoisotopic (exact) mass is 483 g/mol. The Morgan fingerprint density at radius 2 is 1.91 bits per heavy atom. The van der Waals surface area contributed by atoms with Crippen LogP contribution in [-0.2, 0) is 6.42 Å². The molecule has 2 aliphatic rings. The van der Waals surface area contributed by atoms with Gasteiger partial charge in [0.15, 0.2) is 11.5 Å². The molecule has 0 fully saturated rings. The van der Waals surface area contributed by atoms with Crippen molar-refractivity contribution in [2.24, 2.45) is 0 Å². The van der Waals surface area contributed by atoms with Crippen molar-refractivity contribution in [1.82, 2.24) is 20.5 Å². The van der Waals surface area contributed by atoms with Gasteiger partial charge in [0.05, 0.1) is 5.02 Å². The van der Waals surface area contributed by atoms with Crippen molar-refractivity contribution in [3.8, 4) is 11.1 Å². The summed E-state index contributed by atoms with van der Waals surface area (Å²) in [4.78, 5) is 24.7. The van der Waals surface area contributed by atoms with E-state index in [0.29, 0.717) is 30.7 Å². The number of aromatic amines is 1. The molecule has 0 spiro atoms. The third-order valence-corrected chi connectivity index (χ3v) is 6.45. The second-order valence-electron chi connectivity index (χ2n) is 8.15. The number of nitrogens with zero attached hydrogens (tertiary/aromatic N) is 4. The summed E-state index contributed by atoms with van der Waals surface area (Å²) in [5, 5.41) is 16.3. The minimum atomic E-state index is -0.789. The number of halogens is 3. The number of urea groups is 1. The number of carbonyl (C=O) groups excluding carboxylic acids is 1. The van der Waals surface area contributed by atoms with Crippen molar-refractivity contribution in [2.75, 3.05) is 5.32 Å². The van der Waals surface area contributed by atoms with E-state index in [1.807, 2.05) is 0 Å². The second kappa shape index (κ2) is 7.52. The topological polar surface area (TPSA) is 117 Å². The lowest BCUT2D eigenvalue weighted by molar-refractivity contribution is -0.460. The summed E-state index contributed by atoms with van der Waals surface area (Å²) in [6.07, 6.45) is 1.78. The van der Waals surface area contributed by atoms with Crippen LogP contribution in [0, 0.1) is 11.6 Å². The van der Waals surface area contributed by atoms with E-state index in [4.69, 9.17) is 11.6 Å². The Balaban J connectivity index is 1.34. The van der Waals surface area contributed by atoms with E-state index in [1.54, 1.807) is 4.58 Å². The van der Waals surface area contributed by atoms with Crippen molar-refractivity contribution in [1.29, 1.82) is 0 Å². The van der Waals surface area contributed by atoms with Gasteiger partial charge in [-0.1, -0.05) is 11.6 Å². The predicted molar refractivity (Wildman–Crippen MR) is 117 cm³/mol. The smallest absolute Gasteiger partial charge is 0.268 e. The Hall–Kier alpha value is -3.99. The summed E-state index contributed by atoms with van der Waals surface area (Å²) in [5.74, 6) is -1.46. The standard InChI is InChI=1S/C22H13ClF2N6O3/c23-13-7-16(15(25)5-11(13)12-6-17-18(8-14(12)24)30-34-29-17)26-22(33)31-10-1-2-19(31)21-9(3-10)4-20(32)27-28-21/h4-8,10H,1-3H2,(H,26,29,33)/p+1/t10-/m0/s1. The van der Waals surface area contributed by atoms with Crippen molar-refractivity contribution < 1.29 is 22.8 Å². The molecule has 34 heavy (non-hydrogen) atoms. The van der Waals surface area contributed by atoms with Crippen LogP contribution < -0.4 is 10.9 Å². The highest BCUT2D eigenvalue weighted by Crippen LogP contribution is 2.36. The number of benzene rings is 2. The number of nitrogens with one attached hydrogen (secondary N) is 2. The zero-order valence-corrected chi connectivity index (χ0v) is 18.0. The number of hydrogen-bond donors (Lipinski definition) is 2. The van der Waals surface area contributed by atoms with E-state index in [-0.39, 0.29) is 44.5 Å². The van der Waals surface area contributed by atoms with Gasteiger partial charge in [0.25, 0.3) is 5.56 Å². The number of amides is 2. The van der Waals surface area contributed by atoms with E-state index < -0.39 is 17.7 Å². The fourth-order valence-corrected chi connectivity index (χ4v) is 4.89. The lowest BCUT2D eigenvalue weighted by Gasteiger charge is -2.18. The molecule has 2 amide bonds. The van der Waals surface area contributed by atoms with Crippen molar-refractivity contribution >= 4 is 40.1 Å². The molecular formula is C22H14ClF2N6O3+. The maximum Gasteiger partial charge on any atom is 0.496 e. The number of anilines is 1. The van der Waals surface area contributed by atoms with Crippen molar-refractivity contribution in [3.63, 3.8) is 0 Å². The number of H-pyrrole nitrogens is 1. The maximum absolute atomic E-state index is 15.0. The van der Waals surface area contributed by atoms with Crippen LogP contribution in [0.5, 0.6) is 0 Å². The van der Waals surface area contributed by atoms with Crippen LogP contribution in [0.15, 0.2) is 39.8 Å². The van der Waals surface area contributed by atoms with Crippen LogP contribution in [-0.4, -0.2) is 42.9 Å². The Kier molecular flexibility index (Phi) is 4.56. The molecule has 0 saturated heterocycles. The van der Waals surface area contributed by atoms with Crippen LogP contribution in [0.4, 0.5) is 19.3 Å². The van der Waals surface area contributed by atoms with E-state index in [2.05, 4.69) is 30.5 Å². The lowest BCUT2D eigenvalue weighted by Crippen LogP contribution is -2.40. The summed E-state index contributed by atoms with van der Waals surface area (Å²) in [6.45, 7) is 0. The molecule has 1 atom stereocenters. The summed E-state index contributed by atoms with van der Waals surface area (Å²) in [5.41, 5.74) is 2.18. The van der Waals surface area contributed by atoms with E-state index in [1.165, 1.54) is 18.2 Å². The number of hydrogen-bond acceptors (Lipinski definition) is 6. The first-order valence-electron chi connectivity index (χ1n) is 10.4. The molecule has 6 rings (SSSR count). The Morgan fingerprint density at radius 3 is 2.74 bits per heavy atom. The molecule has 2 aliphatic heterocycles. The van der Waals surface area contributed by atoms with Gasteiger partial charge in [0.2, 0.25) is 0 Å². The van der Waals surface area contributed by atoms with E-state index >= 15 is 4.39 Å². The molecule has 4 aromatic rings. The molecule has 170 valence electrons. The SMILES string of the molecule is O=C(Nc1cc(Cl)c(-c2cc3nonc3cc2F)cc1F)[N+]1=C2CC[C@H]1Cc1cc(=O)[nH]nc12. The van der Waals surface area contributed by atoms with Gasteiger partial charge in [-0.25, -0.2) is 23.8 Å². The summed E-state index contributed by atoms with van der Waals surface area (Å²) >= 11 is 6.35. The fraction of sp³-hybridized carbons (Fsp3) is 0.182. The van der Waals surface area contributed by atoms with E-state index in [9.17, 15) is 14.0 Å². The van der Waals surface area contributed by atoms with Gasteiger partial charge >= 0.3 is 6.03 Å². The summed E-state index contributed by atoms with van der Waals surface area (Å²) in [6, 6.07) is 5.54. The zero-order chi connectivity index (χ0) is 23.6. The summed E-state index contributed by atoms with van der Waals surface area (Å²) in [7, 11) is 0. The molecule has 4 heterocycles. The third kappa shape index (κ3) is 3.19. The molecule has 0 aliphatic carbocycles. The normalized spacial score (nSPS) is 16.7. The molecule has 2 bridgehead atoms. The molecule has 9 nitrogen and oxygen atoms in total. The van der Waals surface area contributed by atoms with Crippen molar-refractivity contribution in [3.05, 3.63) is 68.6 Å². The van der Waals surface area contributed by atoms with Gasteiger partial charge in [-0.15, -0.1) is 0 Å². The maximum atomic E-state index is 15.0. The Labute approximate surface area is 194 Å². The second-order valence-corrected chi connectivity index (χ2v) is 8.55. The predicted octanol–water partition coefficient (Wildman–Crippen LogP) is 3.66.